The Labute approximate surface area is 109 Å². The summed E-state index contributed by atoms with van der Waals surface area (Å²) in [6, 6.07) is 0. The Morgan fingerprint density at radius 2 is 2.26 bits per heavy atom. The van der Waals surface area contributed by atoms with Crippen LogP contribution in [0.5, 0.6) is 0 Å². The number of nitrogens with one attached hydrogen (secondary N) is 1. The van der Waals surface area contributed by atoms with E-state index in [0.29, 0.717) is 12.2 Å². The zero-order valence-electron chi connectivity index (χ0n) is 10.9. The molecule has 0 fully saturated rings. The Hall–Kier alpha value is -1.92. The van der Waals surface area contributed by atoms with Crippen molar-refractivity contribution in [3.05, 3.63) is 29.4 Å². The average Bonchev–Trinajstić information content (AvgIpc) is 2.93. The number of aryl methyl sites for hydroxylation is 2. The van der Waals surface area contributed by atoms with Crippen molar-refractivity contribution in [1.82, 2.24) is 14.9 Å². The number of hydrogen-bond acceptors (Lipinski definition) is 4. The van der Waals surface area contributed by atoms with E-state index < -0.39 is 13.0 Å². The van der Waals surface area contributed by atoms with Crippen LogP contribution in [-0.4, -0.2) is 21.4 Å². The standard InChI is InChI=1S/C12H16F2N4O/c1-3-11-10(8(2)19-17-11)5-15-9-4-16-18(6-9)7-12(13)14/h4,6,12,15H,3,5,7H2,1-2H3. The first-order valence-corrected chi connectivity index (χ1v) is 6.08. The van der Waals surface area contributed by atoms with Gasteiger partial charge in [-0.1, -0.05) is 12.1 Å². The summed E-state index contributed by atoms with van der Waals surface area (Å²) in [6.45, 7) is 4.00. The highest BCUT2D eigenvalue weighted by Gasteiger charge is 2.11. The van der Waals surface area contributed by atoms with Gasteiger partial charge >= 0.3 is 0 Å². The minimum absolute atomic E-state index is 0.395. The molecule has 2 aromatic heterocycles. The second-order valence-electron chi connectivity index (χ2n) is 4.21. The van der Waals surface area contributed by atoms with Crippen molar-refractivity contribution in [3.63, 3.8) is 0 Å². The highest BCUT2D eigenvalue weighted by molar-refractivity contribution is 5.40. The van der Waals surface area contributed by atoms with Crippen LogP contribution in [0.25, 0.3) is 0 Å². The van der Waals surface area contributed by atoms with Crippen molar-refractivity contribution >= 4 is 5.69 Å². The Bertz CT molecular complexity index is 536. The van der Waals surface area contributed by atoms with Gasteiger partial charge in [0.2, 0.25) is 0 Å². The second-order valence-corrected chi connectivity index (χ2v) is 4.21. The maximum atomic E-state index is 12.2. The molecule has 0 bridgehead atoms. The molecule has 0 saturated heterocycles. The molecular weight excluding hydrogens is 254 g/mol. The molecule has 0 saturated carbocycles. The monoisotopic (exact) mass is 270 g/mol. The molecule has 2 rings (SSSR count). The quantitative estimate of drug-likeness (QED) is 0.876. The van der Waals surface area contributed by atoms with Crippen LogP contribution in [0.2, 0.25) is 0 Å². The van der Waals surface area contributed by atoms with E-state index >= 15 is 0 Å². The minimum Gasteiger partial charge on any atom is -0.378 e. The summed E-state index contributed by atoms with van der Waals surface area (Å²) >= 11 is 0. The van der Waals surface area contributed by atoms with Gasteiger partial charge in [0, 0.05) is 18.3 Å². The molecule has 2 heterocycles. The van der Waals surface area contributed by atoms with Crippen molar-refractivity contribution in [1.29, 1.82) is 0 Å². The molecule has 0 radical (unpaired) electrons. The van der Waals surface area contributed by atoms with Crippen LogP contribution in [0.15, 0.2) is 16.9 Å². The summed E-state index contributed by atoms with van der Waals surface area (Å²) in [5.41, 5.74) is 2.61. The summed E-state index contributed by atoms with van der Waals surface area (Å²) in [7, 11) is 0. The molecule has 0 aliphatic rings. The van der Waals surface area contributed by atoms with Crippen molar-refractivity contribution < 1.29 is 13.3 Å². The summed E-state index contributed by atoms with van der Waals surface area (Å²) in [4.78, 5) is 0. The highest BCUT2D eigenvalue weighted by atomic mass is 19.3. The van der Waals surface area contributed by atoms with Crippen LogP contribution in [0.4, 0.5) is 14.5 Å². The summed E-state index contributed by atoms with van der Waals surface area (Å²) in [5.74, 6) is 0.768. The average molecular weight is 270 g/mol. The Balaban J connectivity index is 1.98. The summed E-state index contributed by atoms with van der Waals surface area (Å²) in [6.07, 6.45) is 1.47. The topological polar surface area (TPSA) is 55.9 Å². The van der Waals surface area contributed by atoms with Crippen LogP contribution in [0.1, 0.15) is 23.9 Å². The molecule has 0 unspecified atom stereocenters. The number of hydrogen-bond donors (Lipinski definition) is 1. The molecular formula is C12H16F2N4O. The van der Waals surface area contributed by atoms with Gasteiger partial charge in [-0.15, -0.1) is 0 Å². The fraction of sp³-hybridized carbons (Fsp3) is 0.500. The van der Waals surface area contributed by atoms with Gasteiger partial charge in [-0.3, -0.25) is 4.68 Å². The molecule has 0 aliphatic heterocycles. The lowest BCUT2D eigenvalue weighted by atomic mass is 10.1. The normalized spacial score (nSPS) is 11.2. The molecule has 104 valence electrons. The summed E-state index contributed by atoms with van der Waals surface area (Å²) in [5, 5.41) is 10.9. The zero-order valence-corrected chi connectivity index (χ0v) is 10.9. The molecule has 0 aromatic carbocycles. The molecule has 0 amide bonds. The first kappa shape index (κ1) is 13.5. The van der Waals surface area contributed by atoms with E-state index in [2.05, 4.69) is 15.6 Å². The van der Waals surface area contributed by atoms with Crippen molar-refractivity contribution in [2.75, 3.05) is 5.32 Å². The van der Waals surface area contributed by atoms with Gasteiger partial charge in [0.05, 0.1) is 17.6 Å². The maximum Gasteiger partial charge on any atom is 0.257 e. The van der Waals surface area contributed by atoms with Crippen LogP contribution < -0.4 is 5.32 Å². The fourth-order valence-corrected chi connectivity index (χ4v) is 1.83. The molecule has 7 heteroatoms. The van der Waals surface area contributed by atoms with E-state index in [-0.39, 0.29) is 0 Å². The van der Waals surface area contributed by atoms with E-state index in [0.717, 1.165) is 23.4 Å². The first-order valence-electron chi connectivity index (χ1n) is 6.08. The lowest BCUT2D eigenvalue weighted by molar-refractivity contribution is 0.122. The van der Waals surface area contributed by atoms with Crippen molar-refractivity contribution in [2.24, 2.45) is 0 Å². The summed E-state index contributed by atoms with van der Waals surface area (Å²) < 4.78 is 30.7. The zero-order chi connectivity index (χ0) is 13.8. The number of alkyl halides is 2. The van der Waals surface area contributed by atoms with Gasteiger partial charge < -0.3 is 9.84 Å². The van der Waals surface area contributed by atoms with Gasteiger partial charge in [-0.05, 0) is 13.3 Å². The fourth-order valence-electron chi connectivity index (χ4n) is 1.83. The van der Waals surface area contributed by atoms with Gasteiger partial charge in [0.15, 0.2) is 0 Å². The smallest absolute Gasteiger partial charge is 0.257 e. The molecule has 0 aliphatic carbocycles. The van der Waals surface area contributed by atoms with E-state index in [1.807, 2.05) is 13.8 Å². The van der Waals surface area contributed by atoms with Crippen LogP contribution in [0.3, 0.4) is 0 Å². The number of halogens is 2. The van der Waals surface area contributed by atoms with E-state index in [4.69, 9.17) is 4.52 Å². The molecule has 0 atom stereocenters. The third-order valence-corrected chi connectivity index (χ3v) is 2.83. The molecule has 2 aromatic rings. The third-order valence-electron chi connectivity index (χ3n) is 2.83. The number of aromatic nitrogens is 3. The van der Waals surface area contributed by atoms with Gasteiger partial charge in [-0.2, -0.15) is 5.10 Å². The lowest BCUT2D eigenvalue weighted by Gasteiger charge is -2.03. The van der Waals surface area contributed by atoms with Gasteiger partial charge in [0.25, 0.3) is 6.43 Å². The van der Waals surface area contributed by atoms with Crippen molar-refractivity contribution in [3.8, 4) is 0 Å². The number of nitrogens with zero attached hydrogens (tertiary/aromatic N) is 3. The Kier molecular flexibility index (Phi) is 4.13. The highest BCUT2D eigenvalue weighted by Crippen LogP contribution is 2.16. The predicted molar refractivity (Wildman–Crippen MR) is 66.2 cm³/mol. The maximum absolute atomic E-state index is 12.2. The minimum atomic E-state index is -2.40. The molecule has 19 heavy (non-hydrogen) atoms. The van der Waals surface area contributed by atoms with Crippen LogP contribution in [-0.2, 0) is 19.5 Å². The lowest BCUT2D eigenvalue weighted by Crippen LogP contribution is -2.06. The largest absolute Gasteiger partial charge is 0.378 e. The Morgan fingerprint density at radius 3 is 2.95 bits per heavy atom. The number of anilines is 1. The van der Waals surface area contributed by atoms with E-state index in [1.54, 1.807) is 6.20 Å². The van der Waals surface area contributed by atoms with Gasteiger partial charge in [-0.25, -0.2) is 8.78 Å². The SMILES string of the molecule is CCc1noc(C)c1CNc1cnn(CC(F)F)c1. The van der Waals surface area contributed by atoms with E-state index in [9.17, 15) is 8.78 Å². The number of rotatable bonds is 6. The third kappa shape index (κ3) is 3.30. The van der Waals surface area contributed by atoms with E-state index in [1.165, 1.54) is 10.9 Å². The van der Waals surface area contributed by atoms with Crippen LogP contribution >= 0.6 is 0 Å². The Morgan fingerprint density at radius 1 is 1.47 bits per heavy atom. The first-order chi connectivity index (χ1) is 9.10. The second kappa shape index (κ2) is 5.81. The molecule has 1 N–H and O–H groups in total. The van der Waals surface area contributed by atoms with Gasteiger partial charge in [0.1, 0.15) is 12.3 Å². The van der Waals surface area contributed by atoms with Crippen LogP contribution in [0, 0.1) is 6.92 Å². The predicted octanol–water partition coefficient (Wildman–Crippen LogP) is 2.62. The molecule has 0 spiro atoms. The molecule has 5 nitrogen and oxygen atoms in total. The van der Waals surface area contributed by atoms with Crippen molar-refractivity contribution in [2.45, 2.75) is 39.8 Å².